The zero-order valence-electron chi connectivity index (χ0n) is 7.72. The van der Waals surface area contributed by atoms with Crippen molar-refractivity contribution in [1.29, 1.82) is 0 Å². The second kappa shape index (κ2) is 4.88. The van der Waals surface area contributed by atoms with Crippen LogP contribution in [0.25, 0.3) is 0 Å². The topological polar surface area (TPSA) is 94.9 Å². The molecule has 7 heteroatoms. The van der Waals surface area contributed by atoms with E-state index in [-0.39, 0.29) is 21.8 Å². The fraction of sp³-hybridized carbons (Fsp3) is 0.625. The largest absolute Gasteiger partial charge is 0.481 e. The molecule has 0 aromatic heterocycles. The van der Waals surface area contributed by atoms with Gasteiger partial charge in [0.25, 0.3) is 11.8 Å². The van der Waals surface area contributed by atoms with Crippen molar-refractivity contribution in [2.24, 2.45) is 5.92 Å². The second-order valence-electron chi connectivity index (χ2n) is 3.30. The van der Waals surface area contributed by atoms with E-state index in [9.17, 15) is 14.4 Å². The van der Waals surface area contributed by atoms with Gasteiger partial charge in [-0.15, -0.1) is 0 Å². The van der Waals surface area contributed by atoms with E-state index in [0.29, 0.717) is 6.42 Å². The minimum atomic E-state index is -0.936. The molecule has 1 fully saturated rings. The zero-order valence-corrected chi connectivity index (χ0v) is 9.88. The Labute approximate surface area is 99.3 Å². The Kier molecular flexibility index (Phi) is 4.03. The van der Waals surface area contributed by atoms with Gasteiger partial charge in [0.2, 0.25) is 0 Å². The molecule has 1 aliphatic heterocycles. The van der Waals surface area contributed by atoms with Crippen molar-refractivity contribution in [3.8, 4) is 0 Å². The molecule has 0 saturated carbocycles. The van der Waals surface area contributed by atoms with Crippen molar-refractivity contribution in [2.75, 3.05) is 0 Å². The Morgan fingerprint density at radius 1 is 1.60 bits per heavy atom. The smallest absolute Gasteiger partial charge is 0.303 e. The summed E-state index contributed by atoms with van der Waals surface area (Å²) in [5, 5.41) is 17.6. The summed E-state index contributed by atoms with van der Waals surface area (Å²) in [6, 6.07) is 0. The number of hydrogen-bond acceptors (Lipinski definition) is 4. The first kappa shape index (κ1) is 12.4. The number of amides is 2. The van der Waals surface area contributed by atoms with Gasteiger partial charge in [-0.2, -0.15) is 5.06 Å². The van der Waals surface area contributed by atoms with Crippen LogP contribution in [0.15, 0.2) is 0 Å². The van der Waals surface area contributed by atoms with Crippen molar-refractivity contribution in [1.82, 2.24) is 5.06 Å². The van der Waals surface area contributed by atoms with E-state index in [1.54, 1.807) is 0 Å². The summed E-state index contributed by atoms with van der Waals surface area (Å²) < 4.78 is -0.243. The lowest BCUT2D eigenvalue weighted by molar-refractivity contribution is -0.172. The van der Waals surface area contributed by atoms with E-state index < -0.39 is 23.7 Å². The number of hydroxylamine groups is 2. The van der Waals surface area contributed by atoms with Crippen molar-refractivity contribution >= 4 is 40.4 Å². The van der Waals surface area contributed by atoms with Crippen LogP contribution in [0.1, 0.15) is 19.3 Å². The molecule has 2 atom stereocenters. The molecule has 1 saturated heterocycles. The number of carboxylic acids is 1. The van der Waals surface area contributed by atoms with Crippen LogP contribution >= 0.6 is 22.6 Å². The summed E-state index contributed by atoms with van der Waals surface area (Å²) in [5.41, 5.74) is 0. The standard InChI is InChI=1S/C8H10INO5/c9-5(1-2-7(12)13)4-3-6(11)10(15)8(4)14/h4-5,15H,1-3H2,(H,12,13). The lowest BCUT2D eigenvalue weighted by Crippen LogP contribution is -2.29. The molecular weight excluding hydrogens is 317 g/mol. The number of carbonyl (C=O) groups is 3. The van der Waals surface area contributed by atoms with E-state index in [1.807, 2.05) is 22.6 Å². The van der Waals surface area contributed by atoms with Gasteiger partial charge in [0.15, 0.2) is 0 Å². The summed E-state index contributed by atoms with van der Waals surface area (Å²) in [6.45, 7) is 0. The van der Waals surface area contributed by atoms with Crippen LogP contribution in [-0.2, 0) is 14.4 Å². The van der Waals surface area contributed by atoms with Crippen LogP contribution in [0.4, 0.5) is 0 Å². The number of hydrogen-bond donors (Lipinski definition) is 2. The maximum absolute atomic E-state index is 11.3. The molecule has 0 radical (unpaired) electrons. The molecule has 2 N–H and O–H groups in total. The zero-order chi connectivity index (χ0) is 11.6. The van der Waals surface area contributed by atoms with E-state index in [4.69, 9.17) is 10.3 Å². The molecule has 84 valence electrons. The van der Waals surface area contributed by atoms with E-state index in [0.717, 1.165) is 0 Å². The normalized spacial score (nSPS) is 23.3. The Bertz CT molecular complexity index is 305. The second-order valence-corrected chi connectivity index (χ2v) is 4.90. The van der Waals surface area contributed by atoms with Gasteiger partial charge in [0.1, 0.15) is 0 Å². The van der Waals surface area contributed by atoms with Crippen LogP contribution in [0.2, 0.25) is 0 Å². The average Bonchev–Trinajstić information content (AvgIpc) is 2.42. The molecule has 2 unspecified atom stereocenters. The quantitative estimate of drug-likeness (QED) is 0.338. The Morgan fingerprint density at radius 3 is 2.60 bits per heavy atom. The fourth-order valence-corrected chi connectivity index (χ4v) is 2.26. The third-order valence-corrected chi connectivity index (χ3v) is 3.72. The number of aliphatic carboxylic acids is 1. The highest BCUT2D eigenvalue weighted by Crippen LogP contribution is 2.29. The number of imide groups is 1. The molecule has 0 aliphatic carbocycles. The maximum atomic E-state index is 11.3. The van der Waals surface area contributed by atoms with Gasteiger partial charge >= 0.3 is 5.97 Å². The van der Waals surface area contributed by atoms with E-state index in [2.05, 4.69) is 0 Å². The molecule has 6 nitrogen and oxygen atoms in total. The highest BCUT2D eigenvalue weighted by molar-refractivity contribution is 14.1. The third-order valence-electron chi connectivity index (χ3n) is 2.23. The first-order valence-electron chi connectivity index (χ1n) is 4.35. The minimum absolute atomic E-state index is 0.0391. The predicted molar refractivity (Wildman–Crippen MR) is 56.4 cm³/mol. The van der Waals surface area contributed by atoms with Crippen molar-refractivity contribution in [2.45, 2.75) is 23.2 Å². The summed E-state index contributed by atoms with van der Waals surface area (Å²) in [7, 11) is 0. The number of carbonyl (C=O) groups excluding carboxylic acids is 2. The first-order chi connectivity index (χ1) is 6.93. The number of rotatable bonds is 4. The number of carboxylic acid groups (broad SMARTS) is 1. The van der Waals surface area contributed by atoms with Crippen LogP contribution in [0.3, 0.4) is 0 Å². The highest BCUT2D eigenvalue weighted by Gasteiger charge is 2.41. The summed E-state index contributed by atoms with van der Waals surface area (Å²) in [5.74, 6) is -2.79. The minimum Gasteiger partial charge on any atom is -0.481 e. The van der Waals surface area contributed by atoms with Gasteiger partial charge in [-0.25, -0.2) is 0 Å². The molecule has 0 bridgehead atoms. The molecule has 15 heavy (non-hydrogen) atoms. The van der Waals surface area contributed by atoms with Crippen molar-refractivity contribution in [3.05, 3.63) is 0 Å². The fourth-order valence-electron chi connectivity index (χ4n) is 1.39. The molecule has 0 aromatic carbocycles. The molecule has 0 aromatic rings. The van der Waals surface area contributed by atoms with Gasteiger partial charge in [0, 0.05) is 16.8 Å². The predicted octanol–water partition coefficient (Wildman–Crippen LogP) is 0.419. The maximum Gasteiger partial charge on any atom is 0.303 e. The lowest BCUT2D eigenvalue weighted by Gasteiger charge is -2.13. The first-order valence-corrected chi connectivity index (χ1v) is 5.59. The number of halogens is 1. The van der Waals surface area contributed by atoms with Crippen molar-refractivity contribution in [3.63, 3.8) is 0 Å². The molecule has 1 rings (SSSR count). The van der Waals surface area contributed by atoms with Crippen LogP contribution in [0, 0.1) is 5.92 Å². The van der Waals surface area contributed by atoms with Crippen molar-refractivity contribution < 1.29 is 24.7 Å². The molecular formula is C8H10INO5. The Balaban J connectivity index is 2.54. The average molecular weight is 327 g/mol. The SMILES string of the molecule is O=C(O)CCC(I)C1CC(=O)N(O)C1=O. The van der Waals surface area contributed by atoms with Crippen LogP contribution < -0.4 is 0 Å². The van der Waals surface area contributed by atoms with Gasteiger partial charge in [0.05, 0.1) is 5.92 Å². The number of nitrogens with zero attached hydrogens (tertiary/aromatic N) is 1. The summed E-state index contributed by atoms with van der Waals surface area (Å²) in [4.78, 5) is 32.6. The van der Waals surface area contributed by atoms with E-state index >= 15 is 0 Å². The van der Waals surface area contributed by atoms with E-state index in [1.165, 1.54) is 0 Å². The Morgan fingerprint density at radius 2 is 2.20 bits per heavy atom. The lowest BCUT2D eigenvalue weighted by atomic mass is 10.0. The van der Waals surface area contributed by atoms with Gasteiger partial charge in [-0.1, -0.05) is 22.6 Å². The van der Waals surface area contributed by atoms with Crippen LogP contribution in [0.5, 0.6) is 0 Å². The van der Waals surface area contributed by atoms with Gasteiger partial charge < -0.3 is 5.11 Å². The third kappa shape index (κ3) is 2.88. The molecule has 1 aliphatic rings. The summed E-state index contributed by atoms with van der Waals surface area (Å²) in [6.07, 6.45) is 0.229. The monoisotopic (exact) mass is 327 g/mol. The Hall–Kier alpha value is -0.700. The summed E-state index contributed by atoms with van der Waals surface area (Å²) >= 11 is 1.94. The van der Waals surface area contributed by atoms with Gasteiger partial charge in [-0.3, -0.25) is 19.6 Å². The number of alkyl halides is 1. The highest BCUT2D eigenvalue weighted by atomic mass is 127. The molecule has 2 amide bonds. The van der Waals surface area contributed by atoms with Crippen LogP contribution in [-0.4, -0.2) is 37.1 Å². The molecule has 0 spiro atoms. The molecule has 1 heterocycles. The van der Waals surface area contributed by atoms with Gasteiger partial charge in [-0.05, 0) is 6.42 Å².